The first-order valence-corrected chi connectivity index (χ1v) is 7.32. The Morgan fingerprint density at radius 2 is 1.67 bits per heavy atom. The van der Waals surface area contributed by atoms with Crippen molar-refractivity contribution in [3.63, 3.8) is 0 Å². The summed E-state index contributed by atoms with van der Waals surface area (Å²) in [7, 11) is -2.05. The van der Waals surface area contributed by atoms with E-state index in [2.05, 4.69) is 0 Å². The molecular formula is C13H21NO3S. The SMILES string of the molecule is Cc1cc(C)c(S(=O)(=O)N(C)CC(C)O)c(C)c1. The molecule has 0 bridgehead atoms. The third-order valence-electron chi connectivity index (χ3n) is 2.79. The Morgan fingerprint density at radius 3 is 2.06 bits per heavy atom. The molecule has 0 radical (unpaired) electrons. The van der Waals surface area contributed by atoms with E-state index in [4.69, 9.17) is 0 Å². The molecule has 4 nitrogen and oxygen atoms in total. The molecule has 0 aromatic heterocycles. The van der Waals surface area contributed by atoms with Crippen molar-refractivity contribution < 1.29 is 13.5 Å². The van der Waals surface area contributed by atoms with Crippen LogP contribution in [0.25, 0.3) is 0 Å². The zero-order valence-electron chi connectivity index (χ0n) is 11.6. The minimum absolute atomic E-state index is 0.0924. The number of aryl methyl sites for hydroxylation is 3. The standard InChI is InChI=1S/C13H21NO3S/c1-9-6-10(2)13(11(3)7-9)18(16,17)14(5)8-12(4)15/h6-7,12,15H,8H2,1-5H3. The third-order valence-corrected chi connectivity index (χ3v) is 4.92. The van der Waals surface area contributed by atoms with Gasteiger partial charge in [-0.25, -0.2) is 8.42 Å². The van der Waals surface area contributed by atoms with Gasteiger partial charge in [-0.3, -0.25) is 0 Å². The lowest BCUT2D eigenvalue weighted by Gasteiger charge is -2.21. The van der Waals surface area contributed by atoms with Crippen LogP contribution in [0.4, 0.5) is 0 Å². The lowest BCUT2D eigenvalue weighted by Crippen LogP contribution is -2.33. The van der Waals surface area contributed by atoms with Crippen LogP contribution in [0, 0.1) is 20.8 Å². The van der Waals surface area contributed by atoms with E-state index < -0.39 is 16.1 Å². The van der Waals surface area contributed by atoms with Crippen molar-refractivity contribution in [3.05, 3.63) is 28.8 Å². The second kappa shape index (κ2) is 5.38. The van der Waals surface area contributed by atoms with Crippen LogP contribution in [0.3, 0.4) is 0 Å². The highest BCUT2D eigenvalue weighted by Gasteiger charge is 2.25. The molecule has 1 aromatic carbocycles. The summed E-state index contributed by atoms with van der Waals surface area (Å²) in [5.74, 6) is 0. The van der Waals surface area contributed by atoms with E-state index in [1.165, 1.54) is 11.4 Å². The molecule has 0 amide bonds. The molecule has 0 fully saturated rings. The van der Waals surface area contributed by atoms with Crippen LogP contribution in [0.5, 0.6) is 0 Å². The molecule has 0 aliphatic rings. The number of rotatable bonds is 4. The van der Waals surface area contributed by atoms with Crippen molar-refractivity contribution in [2.24, 2.45) is 0 Å². The topological polar surface area (TPSA) is 57.6 Å². The van der Waals surface area contributed by atoms with Gasteiger partial charge in [0.25, 0.3) is 0 Å². The second-order valence-corrected chi connectivity index (χ2v) is 6.84. The number of nitrogens with zero attached hydrogens (tertiary/aromatic N) is 1. The van der Waals surface area contributed by atoms with Crippen LogP contribution >= 0.6 is 0 Å². The Bertz CT molecular complexity index is 512. The van der Waals surface area contributed by atoms with Crippen LogP contribution in [0.15, 0.2) is 17.0 Å². The van der Waals surface area contributed by atoms with Crippen molar-refractivity contribution in [1.29, 1.82) is 0 Å². The summed E-state index contributed by atoms with van der Waals surface area (Å²) < 4.78 is 26.1. The molecule has 0 spiro atoms. The van der Waals surface area contributed by atoms with Crippen LogP contribution in [-0.4, -0.2) is 37.5 Å². The van der Waals surface area contributed by atoms with Gasteiger partial charge in [0.1, 0.15) is 0 Å². The Balaban J connectivity index is 3.29. The van der Waals surface area contributed by atoms with E-state index in [1.54, 1.807) is 20.8 Å². The Kier molecular flexibility index (Phi) is 4.53. The van der Waals surface area contributed by atoms with E-state index in [0.717, 1.165) is 16.7 Å². The fourth-order valence-corrected chi connectivity index (χ4v) is 3.85. The van der Waals surface area contributed by atoms with Gasteiger partial charge in [0, 0.05) is 13.6 Å². The molecule has 1 atom stereocenters. The van der Waals surface area contributed by atoms with Crippen LogP contribution in [0.1, 0.15) is 23.6 Å². The maximum Gasteiger partial charge on any atom is 0.243 e. The molecule has 1 aromatic rings. The summed E-state index contributed by atoms with van der Waals surface area (Å²) in [4.78, 5) is 0.344. The maximum atomic E-state index is 12.4. The predicted octanol–water partition coefficient (Wildman–Crippen LogP) is 1.61. The van der Waals surface area contributed by atoms with Crippen molar-refractivity contribution in [1.82, 2.24) is 4.31 Å². The lowest BCUT2D eigenvalue weighted by atomic mass is 10.1. The van der Waals surface area contributed by atoms with E-state index >= 15 is 0 Å². The van der Waals surface area contributed by atoms with Crippen molar-refractivity contribution >= 4 is 10.0 Å². The highest BCUT2D eigenvalue weighted by Crippen LogP contribution is 2.24. The molecule has 1 unspecified atom stereocenters. The zero-order chi connectivity index (χ0) is 14.1. The summed E-state index contributed by atoms with van der Waals surface area (Å²) in [5.41, 5.74) is 2.53. The number of aliphatic hydroxyl groups excluding tert-OH is 1. The van der Waals surface area contributed by atoms with Crippen LogP contribution < -0.4 is 0 Å². The molecule has 0 aliphatic heterocycles. The quantitative estimate of drug-likeness (QED) is 0.905. The molecule has 1 N–H and O–H groups in total. The monoisotopic (exact) mass is 271 g/mol. The summed E-state index contributed by atoms with van der Waals surface area (Å²) >= 11 is 0. The van der Waals surface area contributed by atoms with Crippen molar-refractivity contribution in [2.45, 2.75) is 38.7 Å². The van der Waals surface area contributed by atoms with E-state index in [1.807, 2.05) is 19.1 Å². The number of likely N-dealkylation sites (N-methyl/N-ethyl adjacent to an activating group) is 1. The molecule has 5 heteroatoms. The van der Waals surface area contributed by atoms with Crippen molar-refractivity contribution in [3.8, 4) is 0 Å². The molecule has 0 aliphatic carbocycles. The minimum atomic E-state index is -3.54. The average Bonchev–Trinajstić information content (AvgIpc) is 2.13. The zero-order valence-corrected chi connectivity index (χ0v) is 12.4. The number of hydrogen-bond donors (Lipinski definition) is 1. The summed E-state index contributed by atoms with van der Waals surface area (Å²) in [6.45, 7) is 7.19. The normalized spacial score (nSPS) is 13.9. The smallest absolute Gasteiger partial charge is 0.243 e. The highest BCUT2D eigenvalue weighted by atomic mass is 32.2. The highest BCUT2D eigenvalue weighted by molar-refractivity contribution is 7.89. The first-order chi connectivity index (χ1) is 8.16. The molecule has 102 valence electrons. The first kappa shape index (κ1) is 15.1. The molecular weight excluding hydrogens is 250 g/mol. The molecule has 0 saturated carbocycles. The van der Waals surface area contributed by atoms with Gasteiger partial charge in [0.05, 0.1) is 11.0 Å². The number of hydrogen-bond acceptors (Lipinski definition) is 3. The predicted molar refractivity (Wildman–Crippen MR) is 72.1 cm³/mol. The Hall–Kier alpha value is -0.910. The first-order valence-electron chi connectivity index (χ1n) is 5.88. The van der Waals surface area contributed by atoms with Gasteiger partial charge in [-0.1, -0.05) is 17.7 Å². The molecule has 0 saturated heterocycles. The van der Waals surface area contributed by atoms with Gasteiger partial charge in [0.15, 0.2) is 0 Å². The molecule has 0 heterocycles. The van der Waals surface area contributed by atoms with Gasteiger partial charge < -0.3 is 5.11 Å². The third kappa shape index (κ3) is 3.10. The Labute approximate surface area is 109 Å². The Morgan fingerprint density at radius 1 is 1.22 bits per heavy atom. The van der Waals surface area contributed by atoms with Gasteiger partial charge >= 0.3 is 0 Å². The van der Waals surface area contributed by atoms with Gasteiger partial charge in [-0.05, 0) is 38.8 Å². The van der Waals surface area contributed by atoms with E-state index in [9.17, 15) is 13.5 Å². The van der Waals surface area contributed by atoms with E-state index in [0.29, 0.717) is 4.90 Å². The lowest BCUT2D eigenvalue weighted by molar-refractivity contribution is 0.171. The van der Waals surface area contributed by atoms with Crippen LogP contribution in [0.2, 0.25) is 0 Å². The second-order valence-electron chi connectivity index (χ2n) is 4.86. The van der Waals surface area contributed by atoms with Gasteiger partial charge in [-0.15, -0.1) is 0 Å². The van der Waals surface area contributed by atoms with Gasteiger partial charge in [-0.2, -0.15) is 4.31 Å². The summed E-state index contributed by atoms with van der Waals surface area (Å²) in [5, 5.41) is 9.31. The largest absolute Gasteiger partial charge is 0.392 e. The fourth-order valence-electron chi connectivity index (χ4n) is 2.20. The van der Waals surface area contributed by atoms with Crippen molar-refractivity contribution in [2.75, 3.05) is 13.6 Å². The summed E-state index contributed by atoms with van der Waals surface area (Å²) in [6, 6.07) is 3.71. The number of aliphatic hydroxyl groups is 1. The summed E-state index contributed by atoms with van der Waals surface area (Å²) in [6.07, 6.45) is -0.684. The van der Waals surface area contributed by atoms with E-state index in [-0.39, 0.29) is 6.54 Å². The average molecular weight is 271 g/mol. The van der Waals surface area contributed by atoms with Gasteiger partial charge in [0.2, 0.25) is 10.0 Å². The number of sulfonamides is 1. The molecule has 18 heavy (non-hydrogen) atoms. The number of benzene rings is 1. The maximum absolute atomic E-state index is 12.4. The minimum Gasteiger partial charge on any atom is -0.392 e. The van der Waals surface area contributed by atoms with Crippen LogP contribution in [-0.2, 0) is 10.0 Å². The molecule has 1 rings (SSSR count). The fraction of sp³-hybridized carbons (Fsp3) is 0.538.